The molecule has 0 aliphatic carbocycles. The molecule has 0 N–H and O–H groups in total. The molecule has 0 amide bonds. The lowest BCUT2D eigenvalue weighted by Crippen LogP contribution is -2.21. The highest BCUT2D eigenvalue weighted by Crippen LogP contribution is 2.08. The number of thiazole rings is 1. The number of halogens is 1. The van der Waals surface area contributed by atoms with Crippen LogP contribution in [0.5, 0.6) is 0 Å². The minimum atomic E-state index is -0.389. The molecule has 0 atom stereocenters. The average Bonchev–Trinajstić information content (AvgIpc) is 2.64. The molecule has 0 spiro atoms. The minimum Gasteiger partial charge on any atom is -0.297 e. The van der Waals surface area contributed by atoms with E-state index >= 15 is 0 Å². The Morgan fingerprint density at radius 2 is 2.11 bits per heavy atom. The second-order valence-electron chi connectivity index (χ2n) is 4.04. The number of aryl methyl sites for hydroxylation is 1. The van der Waals surface area contributed by atoms with E-state index in [1.807, 2.05) is 0 Å². The first-order valence-corrected chi connectivity index (χ1v) is 6.36. The quantitative estimate of drug-likeness (QED) is 0.850. The van der Waals surface area contributed by atoms with Crippen molar-refractivity contribution >= 4 is 17.1 Å². The van der Waals surface area contributed by atoms with E-state index < -0.39 is 0 Å². The maximum atomic E-state index is 13.4. The lowest BCUT2D eigenvalue weighted by atomic mass is 10.1. The molecule has 94 valence electrons. The highest BCUT2D eigenvalue weighted by Gasteiger charge is 2.11. The van der Waals surface area contributed by atoms with Crippen LogP contribution in [0, 0.1) is 12.7 Å². The molecular formula is C13H12FNO2S. The van der Waals surface area contributed by atoms with E-state index in [4.69, 9.17) is 0 Å². The fraction of sp³-hybridized carbons (Fsp3) is 0.231. The van der Waals surface area contributed by atoms with Gasteiger partial charge in [0.2, 0.25) is 0 Å². The summed E-state index contributed by atoms with van der Waals surface area (Å²) in [5.74, 6) is -0.566. The molecule has 1 heterocycles. The van der Waals surface area contributed by atoms with E-state index in [9.17, 15) is 14.0 Å². The van der Waals surface area contributed by atoms with Gasteiger partial charge in [-0.15, -0.1) is 0 Å². The predicted molar refractivity (Wildman–Crippen MR) is 68.4 cm³/mol. The topological polar surface area (TPSA) is 39.1 Å². The van der Waals surface area contributed by atoms with Gasteiger partial charge in [-0.05, 0) is 18.6 Å². The van der Waals surface area contributed by atoms with Crippen molar-refractivity contribution in [2.45, 2.75) is 19.9 Å². The number of hydrogen-bond acceptors (Lipinski definition) is 3. The highest BCUT2D eigenvalue weighted by molar-refractivity contribution is 7.07. The van der Waals surface area contributed by atoms with E-state index in [-0.39, 0.29) is 29.4 Å². The monoisotopic (exact) mass is 265 g/mol. The second-order valence-corrected chi connectivity index (χ2v) is 4.86. The van der Waals surface area contributed by atoms with Gasteiger partial charge < -0.3 is 0 Å². The molecule has 1 aromatic heterocycles. The molecule has 0 saturated heterocycles. The smallest absolute Gasteiger partial charge is 0.297 e. The van der Waals surface area contributed by atoms with Crippen molar-refractivity contribution in [1.29, 1.82) is 0 Å². The minimum absolute atomic E-state index is 0.00248. The number of nitrogens with zero attached hydrogens (tertiary/aromatic N) is 1. The van der Waals surface area contributed by atoms with Crippen LogP contribution in [0.3, 0.4) is 0 Å². The van der Waals surface area contributed by atoms with Crippen LogP contribution >= 0.6 is 11.3 Å². The first kappa shape index (κ1) is 12.7. The van der Waals surface area contributed by atoms with Crippen LogP contribution in [-0.4, -0.2) is 10.4 Å². The van der Waals surface area contributed by atoms with E-state index in [0.717, 1.165) is 17.0 Å². The lowest BCUT2D eigenvalue weighted by molar-refractivity contribution is -0.119. The molecule has 0 fully saturated rings. The van der Waals surface area contributed by atoms with Crippen LogP contribution in [0.15, 0.2) is 34.4 Å². The van der Waals surface area contributed by atoms with E-state index in [1.54, 1.807) is 30.5 Å². The number of hydrogen-bond donors (Lipinski definition) is 0. The summed E-state index contributed by atoms with van der Waals surface area (Å²) in [4.78, 5) is 23.1. The van der Waals surface area contributed by atoms with Crippen molar-refractivity contribution in [3.63, 3.8) is 0 Å². The molecule has 0 bridgehead atoms. The Balaban J connectivity index is 2.11. The molecule has 2 rings (SSSR count). The Labute approximate surface area is 108 Å². The molecule has 0 radical (unpaired) electrons. The van der Waals surface area contributed by atoms with E-state index in [1.165, 1.54) is 10.6 Å². The van der Waals surface area contributed by atoms with Gasteiger partial charge in [-0.3, -0.25) is 14.2 Å². The Bertz CT molecular complexity index is 630. The third-order valence-corrected chi connectivity index (χ3v) is 3.54. The molecule has 18 heavy (non-hydrogen) atoms. The summed E-state index contributed by atoms with van der Waals surface area (Å²) in [5.41, 5.74) is 1.12. The molecule has 3 nitrogen and oxygen atoms in total. The molecule has 0 saturated carbocycles. The van der Waals surface area contributed by atoms with Gasteiger partial charge in [0.05, 0.1) is 6.54 Å². The Hall–Kier alpha value is -1.75. The summed E-state index contributed by atoms with van der Waals surface area (Å²) < 4.78 is 14.8. The molecule has 0 aliphatic rings. The van der Waals surface area contributed by atoms with Gasteiger partial charge >= 0.3 is 4.87 Å². The largest absolute Gasteiger partial charge is 0.307 e. The molecule has 5 heteroatoms. The number of Topliss-reactive ketones (excluding diaryl/α,β-unsaturated/α-hetero) is 1. The summed E-state index contributed by atoms with van der Waals surface area (Å²) in [5, 5.41) is 1.71. The van der Waals surface area contributed by atoms with Crippen molar-refractivity contribution in [3.8, 4) is 0 Å². The van der Waals surface area contributed by atoms with Gasteiger partial charge in [0, 0.05) is 17.5 Å². The summed E-state index contributed by atoms with van der Waals surface area (Å²) in [6, 6.07) is 6.17. The standard InChI is InChI=1S/C13H12FNO2S/c1-9-8-18-13(17)15(9)7-11(16)6-10-4-2-3-5-12(10)14/h2-5,8H,6-7H2,1H3. The SMILES string of the molecule is Cc1csc(=O)n1CC(=O)Cc1ccccc1F. The fourth-order valence-electron chi connectivity index (χ4n) is 1.68. The predicted octanol–water partition coefficient (Wildman–Crippen LogP) is 2.17. The number of ketones is 1. The first-order valence-electron chi connectivity index (χ1n) is 5.48. The Kier molecular flexibility index (Phi) is 3.72. The van der Waals surface area contributed by atoms with Crippen LogP contribution in [0.25, 0.3) is 0 Å². The van der Waals surface area contributed by atoms with Crippen LogP contribution in [0.1, 0.15) is 11.3 Å². The normalized spacial score (nSPS) is 10.6. The zero-order valence-corrected chi connectivity index (χ0v) is 10.7. The fourth-order valence-corrected chi connectivity index (χ4v) is 2.42. The maximum Gasteiger partial charge on any atom is 0.307 e. The zero-order valence-electron chi connectivity index (χ0n) is 9.85. The summed E-state index contributed by atoms with van der Waals surface area (Å²) in [7, 11) is 0. The van der Waals surface area contributed by atoms with Crippen molar-refractivity contribution in [2.24, 2.45) is 0 Å². The summed E-state index contributed by atoms with van der Waals surface area (Å²) in [6.45, 7) is 1.77. The number of carbonyl (C=O) groups excluding carboxylic acids is 1. The van der Waals surface area contributed by atoms with Crippen LogP contribution < -0.4 is 4.87 Å². The van der Waals surface area contributed by atoms with E-state index in [2.05, 4.69) is 0 Å². The van der Waals surface area contributed by atoms with Crippen LogP contribution in [-0.2, 0) is 17.8 Å². The van der Waals surface area contributed by atoms with Crippen molar-refractivity contribution in [2.75, 3.05) is 0 Å². The third kappa shape index (κ3) is 2.73. The molecular weight excluding hydrogens is 253 g/mol. The molecule has 1 aromatic carbocycles. The summed E-state index contributed by atoms with van der Waals surface area (Å²) >= 11 is 1.06. The zero-order chi connectivity index (χ0) is 13.1. The van der Waals surface area contributed by atoms with Gasteiger partial charge in [0.25, 0.3) is 0 Å². The number of aromatic nitrogens is 1. The average molecular weight is 265 g/mol. The second kappa shape index (κ2) is 5.27. The van der Waals surface area contributed by atoms with Crippen molar-refractivity contribution < 1.29 is 9.18 Å². The van der Waals surface area contributed by atoms with Gasteiger partial charge in [-0.1, -0.05) is 29.5 Å². The summed E-state index contributed by atoms with van der Waals surface area (Å²) in [6.07, 6.45) is 0.00833. The van der Waals surface area contributed by atoms with E-state index in [0.29, 0.717) is 5.56 Å². The lowest BCUT2D eigenvalue weighted by Gasteiger charge is -2.04. The third-order valence-electron chi connectivity index (χ3n) is 2.66. The first-order chi connectivity index (χ1) is 8.58. The number of benzene rings is 1. The Morgan fingerprint density at radius 3 is 2.72 bits per heavy atom. The number of rotatable bonds is 4. The van der Waals surface area contributed by atoms with Gasteiger partial charge in [-0.25, -0.2) is 4.39 Å². The number of carbonyl (C=O) groups is 1. The maximum absolute atomic E-state index is 13.4. The van der Waals surface area contributed by atoms with Gasteiger partial charge in [0.15, 0.2) is 5.78 Å². The van der Waals surface area contributed by atoms with Gasteiger partial charge in [0.1, 0.15) is 5.82 Å². The molecule has 0 aliphatic heterocycles. The molecule has 2 aromatic rings. The van der Waals surface area contributed by atoms with Gasteiger partial charge in [-0.2, -0.15) is 0 Å². The highest BCUT2D eigenvalue weighted by atomic mass is 32.1. The van der Waals surface area contributed by atoms with Crippen LogP contribution in [0.2, 0.25) is 0 Å². The Morgan fingerprint density at radius 1 is 1.39 bits per heavy atom. The van der Waals surface area contributed by atoms with Crippen molar-refractivity contribution in [3.05, 3.63) is 56.4 Å². The van der Waals surface area contributed by atoms with Crippen LogP contribution in [0.4, 0.5) is 4.39 Å². The molecule has 0 unspecified atom stereocenters. The van der Waals surface area contributed by atoms with Crippen molar-refractivity contribution in [1.82, 2.24) is 4.57 Å².